The molecule has 0 radical (unpaired) electrons. The molecule has 6 heteroatoms. The van der Waals surface area contributed by atoms with E-state index in [0.717, 1.165) is 55.0 Å². The molecular weight excluding hydrogens is 364 g/mol. The number of nitrogens with one attached hydrogen (secondary N) is 2. The van der Waals surface area contributed by atoms with Crippen LogP contribution in [0.5, 0.6) is 0 Å². The largest absolute Gasteiger partial charge is 0.385 e. The van der Waals surface area contributed by atoms with Crippen LogP contribution in [0.3, 0.4) is 0 Å². The van der Waals surface area contributed by atoms with E-state index in [1.54, 1.807) is 7.11 Å². The average Bonchev–Trinajstić information content (AvgIpc) is 2.75. The lowest BCUT2D eigenvalue weighted by molar-refractivity contribution is 0.160. The molecule has 29 heavy (non-hydrogen) atoms. The highest BCUT2D eigenvalue weighted by atomic mass is 16.5. The third-order valence-electron chi connectivity index (χ3n) is 5.05. The van der Waals surface area contributed by atoms with Crippen LogP contribution in [-0.2, 0) is 4.74 Å². The smallest absolute Gasteiger partial charge is 0.272 e. The van der Waals surface area contributed by atoms with Gasteiger partial charge in [-0.15, -0.1) is 0 Å². The molecule has 0 amide bonds. The Morgan fingerprint density at radius 3 is 2.69 bits per heavy atom. The van der Waals surface area contributed by atoms with E-state index in [-0.39, 0.29) is 5.56 Å². The number of methoxy groups -OCH3 is 1. The number of fused-ring (bicyclic) bond motifs is 1. The molecule has 2 aromatic carbocycles. The van der Waals surface area contributed by atoms with Crippen molar-refractivity contribution in [3.8, 4) is 11.3 Å². The zero-order chi connectivity index (χ0) is 20.5. The van der Waals surface area contributed by atoms with Crippen molar-refractivity contribution in [2.75, 3.05) is 45.7 Å². The van der Waals surface area contributed by atoms with Gasteiger partial charge in [0, 0.05) is 36.8 Å². The molecule has 0 bridgehead atoms. The van der Waals surface area contributed by atoms with E-state index in [1.165, 1.54) is 12.8 Å². The quantitative estimate of drug-likeness (QED) is 0.485. The SMILES string of the molecule is COCCN(C)CCCCCNc1cccc(-c2n[nH]c(=O)c3ccccc23)c1. The van der Waals surface area contributed by atoms with Gasteiger partial charge in [0.2, 0.25) is 0 Å². The second-order valence-electron chi connectivity index (χ2n) is 7.31. The molecule has 0 spiro atoms. The standard InChI is InChI=1S/C23H30N4O2/c1-27(15-16-29-2)14-7-3-6-13-24-19-10-8-9-18(17-19)22-20-11-4-5-12-21(20)23(28)26-25-22/h4-5,8-12,17,24H,3,6-7,13-16H2,1-2H3,(H,26,28). The van der Waals surface area contributed by atoms with E-state index in [9.17, 15) is 4.79 Å². The summed E-state index contributed by atoms with van der Waals surface area (Å²) in [6, 6.07) is 15.8. The van der Waals surface area contributed by atoms with E-state index >= 15 is 0 Å². The molecule has 3 aromatic rings. The molecule has 0 saturated carbocycles. The summed E-state index contributed by atoms with van der Waals surface area (Å²) in [5.41, 5.74) is 2.69. The summed E-state index contributed by atoms with van der Waals surface area (Å²) in [6.07, 6.45) is 3.51. The minimum atomic E-state index is -0.161. The number of aromatic amines is 1. The number of hydrogen-bond acceptors (Lipinski definition) is 5. The Bertz CT molecular complexity index is 970. The molecule has 154 valence electrons. The molecule has 0 aliphatic heterocycles. The number of benzene rings is 2. The predicted octanol–water partition coefficient (Wildman–Crippen LogP) is 3.75. The van der Waals surface area contributed by atoms with Gasteiger partial charge < -0.3 is 15.0 Å². The lowest BCUT2D eigenvalue weighted by Crippen LogP contribution is -2.23. The van der Waals surface area contributed by atoms with Crippen molar-refractivity contribution in [2.24, 2.45) is 0 Å². The van der Waals surface area contributed by atoms with Gasteiger partial charge in [-0.25, -0.2) is 5.10 Å². The van der Waals surface area contributed by atoms with Gasteiger partial charge in [-0.3, -0.25) is 4.79 Å². The molecule has 0 aliphatic rings. The van der Waals surface area contributed by atoms with Crippen molar-refractivity contribution < 1.29 is 4.74 Å². The molecular formula is C23H30N4O2. The Morgan fingerprint density at radius 1 is 1.03 bits per heavy atom. The number of likely N-dealkylation sites (N-methyl/N-ethyl adjacent to an activating group) is 1. The minimum absolute atomic E-state index is 0.161. The first kappa shape index (κ1) is 21.0. The van der Waals surface area contributed by atoms with Crippen LogP contribution in [-0.4, -0.2) is 55.5 Å². The Hall–Kier alpha value is -2.70. The van der Waals surface area contributed by atoms with Crippen LogP contribution >= 0.6 is 0 Å². The average molecular weight is 395 g/mol. The van der Waals surface area contributed by atoms with E-state index in [0.29, 0.717) is 5.39 Å². The molecule has 0 fully saturated rings. The Balaban J connectivity index is 1.55. The van der Waals surface area contributed by atoms with E-state index in [1.807, 2.05) is 36.4 Å². The minimum Gasteiger partial charge on any atom is -0.385 e. The highest BCUT2D eigenvalue weighted by Gasteiger charge is 2.08. The van der Waals surface area contributed by atoms with Crippen molar-refractivity contribution in [3.63, 3.8) is 0 Å². The highest BCUT2D eigenvalue weighted by molar-refractivity contribution is 5.94. The van der Waals surface area contributed by atoms with E-state index in [4.69, 9.17) is 4.74 Å². The summed E-state index contributed by atoms with van der Waals surface area (Å²) in [5, 5.41) is 11.9. The van der Waals surface area contributed by atoms with E-state index < -0.39 is 0 Å². The summed E-state index contributed by atoms with van der Waals surface area (Å²) >= 11 is 0. The second kappa shape index (κ2) is 10.7. The Labute approximate surface area is 171 Å². The molecule has 0 unspecified atom stereocenters. The lowest BCUT2D eigenvalue weighted by Gasteiger charge is -2.15. The van der Waals surface area contributed by atoms with Crippen LogP contribution in [0.25, 0.3) is 22.0 Å². The number of unbranched alkanes of at least 4 members (excludes halogenated alkanes) is 2. The summed E-state index contributed by atoms with van der Waals surface area (Å²) in [4.78, 5) is 14.3. The van der Waals surface area contributed by atoms with Crippen molar-refractivity contribution in [3.05, 3.63) is 58.9 Å². The molecule has 2 N–H and O–H groups in total. The highest BCUT2D eigenvalue weighted by Crippen LogP contribution is 2.26. The van der Waals surface area contributed by atoms with Gasteiger partial charge in [-0.2, -0.15) is 5.10 Å². The molecule has 3 rings (SSSR count). The molecule has 1 heterocycles. The number of anilines is 1. The van der Waals surface area contributed by atoms with Crippen LogP contribution in [0.4, 0.5) is 5.69 Å². The number of aromatic nitrogens is 2. The fourth-order valence-corrected chi connectivity index (χ4v) is 3.39. The summed E-state index contributed by atoms with van der Waals surface area (Å²) in [6.45, 7) is 3.80. The third-order valence-corrected chi connectivity index (χ3v) is 5.05. The number of H-pyrrole nitrogens is 1. The van der Waals surface area contributed by atoms with Crippen LogP contribution in [0, 0.1) is 0 Å². The van der Waals surface area contributed by atoms with Gasteiger partial charge in [-0.1, -0.05) is 36.8 Å². The monoisotopic (exact) mass is 394 g/mol. The first-order valence-electron chi connectivity index (χ1n) is 10.2. The summed E-state index contributed by atoms with van der Waals surface area (Å²) < 4.78 is 5.10. The first-order chi connectivity index (χ1) is 14.2. The van der Waals surface area contributed by atoms with Crippen molar-refractivity contribution in [2.45, 2.75) is 19.3 Å². The Morgan fingerprint density at radius 2 is 1.86 bits per heavy atom. The van der Waals surface area contributed by atoms with Crippen LogP contribution in [0.2, 0.25) is 0 Å². The molecule has 0 atom stereocenters. The molecule has 0 saturated heterocycles. The van der Waals surface area contributed by atoms with Crippen LogP contribution in [0.15, 0.2) is 53.3 Å². The van der Waals surface area contributed by atoms with Crippen molar-refractivity contribution in [1.82, 2.24) is 15.1 Å². The summed E-state index contributed by atoms with van der Waals surface area (Å²) in [7, 11) is 3.88. The maximum atomic E-state index is 12.0. The summed E-state index contributed by atoms with van der Waals surface area (Å²) in [5.74, 6) is 0. The van der Waals surface area contributed by atoms with Gasteiger partial charge >= 0.3 is 0 Å². The normalized spacial score (nSPS) is 11.3. The van der Waals surface area contributed by atoms with Gasteiger partial charge in [0.05, 0.1) is 17.7 Å². The fourth-order valence-electron chi connectivity index (χ4n) is 3.39. The van der Waals surface area contributed by atoms with Crippen LogP contribution in [0.1, 0.15) is 19.3 Å². The number of rotatable bonds is 11. The number of nitrogens with zero attached hydrogens (tertiary/aromatic N) is 2. The van der Waals surface area contributed by atoms with E-state index in [2.05, 4.69) is 39.6 Å². The molecule has 6 nitrogen and oxygen atoms in total. The topological polar surface area (TPSA) is 70.2 Å². The molecule has 1 aromatic heterocycles. The third kappa shape index (κ3) is 5.89. The predicted molar refractivity (Wildman–Crippen MR) is 120 cm³/mol. The van der Waals surface area contributed by atoms with Gasteiger partial charge in [0.25, 0.3) is 5.56 Å². The molecule has 0 aliphatic carbocycles. The maximum absolute atomic E-state index is 12.0. The second-order valence-corrected chi connectivity index (χ2v) is 7.31. The Kier molecular flexibility index (Phi) is 7.78. The van der Waals surface area contributed by atoms with Crippen molar-refractivity contribution >= 4 is 16.5 Å². The van der Waals surface area contributed by atoms with Gasteiger partial charge in [-0.05, 0) is 44.6 Å². The van der Waals surface area contributed by atoms with Gasteiger partial charge in [0.15, 0.2) is 0 Å². The maximum Gasteiger partial charge on any atom is 0.272 e. The van der Waals surface area contributed by atoms with Crippen molar-refractivity contribution in [1.29, 1.82) is 0 Å². The van der Waals surface area contributed by atoms with Gasteiger partial charge in [0.1, 0.15) is 0 Å². The number of ether oxygens (including phenoxy) is 1. The number of hydrogen-bond donors (Lipinski definition) is 2. The zero-order valence-corrected chi connectivity index (χ0v) is 17.3. The zero-order valence-electron chi connectivity index (χ0n) is 17.3. The van der Waals surface area contributed by atoms with Crippen LogP contribution < -0.4 is 10.9 Å². The fraction of sp³-hybridized carbons (Fsp3) is 0.391. The first-order valence-corrected chi connectivity index (χ1v) is 10.2. The lowest BCUT2D eigenvalue weighted by atomic mass is 10.0.